The van der Waals surface area contributed by atoms with Crippen LogP contribution in [0.4, 0.5) is 11.4 Å². The molecule has 0 aromatic heterocycles. The van der Waals surface area contributed by atoms with Gasteiger partial charge in [-0.1, -0.05) is 12.1 Å². The molecule has 0 aliphatic carbocycles. The van der Waals surface area contributed by atoms with Crippen molar-refractivity contribution in [3.05, 3.63) is 24.3 Å². The van der Waals surface area contributed by atoms with Crippen LogP contribution in [0.15, 0.2) is 24.3 Å². The van der Waals surface area contributed by atoms with Crippen LogP contribution in [0.1, 0.15) is 6.92 Å². The maximum Gasteiger partial charge on any atom is 0.239 e. The van der Waals surface area contributed by atoms with Crippen molar-refractivity contribution in [1.29, 1.82) is 0 Å². The van der Waals surface area contributed by atoms with Crippen LogP contribution in [-0.4, -0.2) is 25.0 Å². The topological polar surface area (TPSA) is 58.4 Å². The minimum Gasteiger partial charge on any atom is -0.382 e. The van der Waals surface area contributed by atoms with Gasteiger partial charge in [-0.2, -0.15) is 0 Å². The summed E-state index contributed by atoms with van der Waals surface area (Å²) in [4.78, 5) is 13.2. The molecule has 15 heavy (non-hydrogen) atoms. The van der Waals surface area contributed by atoms with Gasteiger partial charge in [0.2, 0.25) is 5.91 Å². The quantitative estimate of drug-likeness (QED) is 0.750. The number of carbonyl (C=O) groups excluding carboxylic acids is 1. The minimum atomic E-state index is -0.285. The van der Waals surface area contributed by atoms with E-state index >= 15 is 0 Å². The Balaban J connectivity index is 2.33. The number of fused-ring (bicyclic) bond motifs is 1. The monoisotopic (exact) mass is 205 g/mol. The van der Waals surface area contributed by atoms with Gasteiger partial charge in [0.1, 0.15) is 6.04 Å². The fourth-order valence-electron chi connectivity index (χ4n) is 1.86. The number of para-hydroxylation sites is 2. The maximum absolute atomic E-state index is 11.2. The van der Waals surface area contributed by atoms with Gasteiger partial charge in [0.15, 0.2) is 0 Å². The second kappa shape index (κ2) is 3.81. The molecular formula is C11H15N3O. The van der Waals surface area contributed by atoms with Crippen LogP contribution in [0, 0.1) is 0 Å². The third-order valence-corrected chi connectivity index (χ3v) is 2.76. The number of nitrogens with two attached hydrogens (primary N) is 1. The summed E-state index contributed by atoms with van der Waals surface area (Å²) < 4.78 is 0. The second-order valence-electron chi connectivity index (χ2n) is 3.72. The lowest BCUT2D eigenvalue weighted by Crippen LogP contribution is -2.47. The van der Waals surface area contributed by atoms with E-state index < -0.39 is 0 Å². The summed E-state index contributed by atoms with van der Waals surface area (Å²) in [6, 6.07) is 7.70. The van der Waals surface area contributed by atoms with Gasteiger partial charge >= 0.3 is 0 Å². The number of hydrogen-bond acceptors (Lipinski definition) is 3. The van der Waals surface area contributed by atoms with Crippen molar-refractivity contribution >= 4 is 17.3 Å². The molecule has 80 valence electrons. The molecule has 0 saturated heterocycles. The van der Waals surface area contributed by atoms with Gasteiger partial charge in [-0.15, -0.1) is 0 Å². The predicted octanol–water partition coefficient (Wildman–Crippen LogP) is 0.792. The first-order valence-corrected chi connectivity index (χ1v) is 5.09. The Bertz CT molecular complexity index is 378. The van der Waals surface area contributed by atoms with Gasteiger partial charge < -0.3 is 16.0 Å². The van der Waals surface area contributed by atoms with Gasteiger partial charge in [-0.25, -0.2) is 0 Å². The number of benzene rings is 1. The third kappa shape index (κ3) is 1.75. The van der Waals surface area contributed by atoms with Crippen LogP contribution < -0.4 is 16.0 Å². The van der Waals surface area contributed by atoms with Crippen molar-refractivity contribution in [3.8, 4) is 0 Å². The lowest BCUT2D eigenvalue weighted by atomic mass is 10.1. The first-order chi connectivity index (χ1) is 7.20. The van der Waals surface area contributed by atoms with E-state index in [9.17, 15) is 4.79 Å². The number of anilines is 2. The molecular weight excluding hydrogens is 190 g/mol. The van der Waals surface area contributed by atoms with E-state index in [1.807, 2.05) is 36.1 Å². The Morgan fingerprint density at radius 2 is 2.27 bits per heavy atom. The largest absolute Gasteiger partial charge is 0.382 e. The lowest BCUT2D eigenvalue weighted by Gasteiger charge is -2.35. The fraction of sp³-hybridized carbons (Fsp3) is 0.364. The fourth-order valence-corrected chi connectivity index (χ4v) is 1.86. The number of amides is 1. The molecule has 1 aromatic rings. The van der Waals surface area contributed by atoms with Crippen LogP contribution in [-0.2, 0) is 4.79 Å². The zero-order valence-electron chi connectivity index (χ0n) is 8.73. The summed E-state index contributed by atoms with van der Waals surface area (Å²) in [7, 11) is 0. The van der Waals surface area contributed by atoms with Gasteiger partial charge in [0, 0.05) is 13.1 Å². The number of primary amides is 1. The zero-order chi connectivity index (χ0) is 10.8. The summed E-state index contributed by atoms with van der Waals surface area (Å²) in [5, 5.41) is 3.29. The van der Waals surface area contributed by atoms with Gasteiger partial charge in [0.25, 0.3) is 0 Å². The van der Waals surface area contributed by atoms with Crippen molar-refractivity contribution < 1.29 is 4.79 Å². The Kier molecular flexibility index (Phi) is 2.49. The summed E-state index contributed by atoms with van der Waals surface area (Å²) in [5.41, 5.74) is 7.44. The van der Waals surface area contributed by atoms with E-state index in [0.29, 0.717) is 0 Å². The molecule has 0 bridgehead atoms. The Morgan fingerprint density at radius 1 is 1.53 bits per heavy atom. The SMILES string of the molecule is CC(C(N)=O)N1CCNc2ccccc21. The van der Waals surface area contributed by atoms with E-state index in [2.05, 4.69) is 5.32 Å². The van der Waals surface area contributed by atoms with Gasteiger partial charge in [-0.05, 0) is 19.1 Å². The van der Waals surface area contributed by atoms with Crippen LogP contribution in [0.25, 0.3) is 0 Å². The van der Waals surface area contributed by atoms with Crippen molar-refractivity contribution in [1.82, 2.24) is 0 Å². The average molecular weight is 205 g/mol. The molecule has 2 rings (SSSR count). The molecule has 4 heteroatoms. The van der Waals surface area contributed by atoms with Crippen molar-refractivity contribution in [2.75, 3.05) is 23.3 Å². The third-order valence-electron chi connectivity index (χ3n) is 2.76. The van der Waals surface area contributed by atoms with Crippen LogP contribution in [0.5, 0.6) is 0 Å². The maximum atomic E-state index is 11.2. The molecule has 1 aromatic carbocycles. The molecule has 1 atom stereocenters. The number of carbonyl (C=O) groups is 1. The number of nitrogens with zero attached hydrogens (tertiary/aromatic N) is 1. The van der Waals surface area contributed by atoms with Crippen LogP contribution in [0.3, 0.4) is 0 Å². The summed E-state index contributed by atoms with van der Waals surface area (Å²) in [6.07, 6.45) is 0. The summed E-state index contributed by atoms with van der Waals surface area (Å²) in [5.74, 6) is -0.285. The summed E-state index contributed by atoms with van der Waals surface area (Å²) >= 11 is 0. The Morgan fingerprint density at radius 3 is 3.00 bits per heavy atom. The van der Waals surface area contributed by atoms with Crippen LogP contribution >= 0.6 is 0 Å². The zero-order valence-corrected chi connectivity index (χ0v) is 8.73. The van der Waals surface area contributed by atoms with Gasteiger partial charge in [0.05, 0.1) is 11.4 Å². The highest BCUT2D eigenvalue weighted by atomic mass is 16.1. The normalized spacial score (nSPS) is 16.5. The van der Waals surface area contributed by atoms with Crippen LogP contribution in [0.2, 0.25) is 0 Å². The molecule has 4 nitrogen and oxygen atoms in total. The standard InChI is InChI=1S/C11H15N3O/c1-8(11(12)15)14-7-6-13-9-4-2-3-5-10(9)14/h2-5,8,13H,6-7H2,1H3,(H2,12,15). The lowest BCUT2D eigenvalue weighted by molar-refractivity contribution is -0.118. The molecule has 3 N–H and O–H groups in total. The first kappa shape index (κ1) is 9.83. The predicted molar refractivity (Wildman–Crippen MR) is 60.9 cm³/mol. The molecule has 1 unspecified atom stereocenters. The molecule has 0 fully saturated rings. The van der Waals surface area contributed by atoms with E-state index in [0.717, 1.165) is 24.5 Å². The van der Waals surface area contributed by atoms with E-state index in [4.69, 9.17) is 5.73 Å². The molecule has 0 radical (unpaired) electrons. The number of hydrogen-bond donors (Lipinski definition) is 2. The number of nitrogens with one attached hydrogen (secondary N) is 1. The highest BCUT2D eigenvalue weighted by Gasteiger charge is 2.23. The van der Waals surface area contributed by atoms with Crippen molar-refractivity contribution in [2.24, 2.45) is 5.73 Å². The second-order valence-corrected chi connectivity index (χ2v) is 3.72. The Labute approximate surface area is 89.1 Å². The summed E-state index contributed by atoms with van der Waals surface area (Å²) in [6.45, 7) is 3.49. The van der Waals surface area contributed by atoms with E-state index in [1.54, 1.807) is 0 Å². The highest BCUT2D eigenvalue weighted by molar-refractivity contribution is 5.85. The van der Waals surface area contributed by atoms with E-state index in [1.165, 1.54) is 0 Å². The van der Waals surface area contributed by atoms with Crippen molar-refractivity contribution in [3.63, 3.8) is 0 Å². The molecule has 0 saturated carbocycles. The Hall–Kier alpha value is -1.71. The van der Waals surface area contributed by atoms with Gasteiger partial charge in [-0.3, -0.25) is 4.79 Å². The molecule has 1 amide bonds. The molecule has 1 aliphatic heterocycles. The molecule has 1 aliphatic rings. The average Bonchev–Trinajstić information content (AvgIpc) is 2.27. The van der Waals surface area contributed by atoms with Crippen molar-refractivity contribution in [2.45, 2.75) is 13.0 Å². The number of rotatable bonds is 2. The smallest absolute Gasteiger partial charge is 0.239 e. The highest BCUT2D eigenvalue weighted by Crippen LogP contribution is 2.29. The minimum absolute atomic E-state index is 0.256. The molecule has 0 spiro atoms. The first-order valence-electron chi connectivity index (χ1n) is 5.09. The molecule has 1 heterocycles. The van der Waals surface area contributed by atoms with E-state index in [-0.39, 0.29) is 11.9 Å².